The lowest BCUT2D eigenvalue weighted by Gasteiger charge is -2.34. The Kier molecular flexibility index (Phi) is 5.30. The Bertz CT molecular complexity index is 1060. The summed E-state index contributed by atoms with van der Waals surface area (Å²) in [6, 6.07) is 8.66. The van der Waals surface area contributed by atoms with Crippen molar-refractivity contribution in [3.8, 4) is 11.4 Å². The summed E-state index contributed by atoms with van der Waals surface area (Å²) >= 11 is 12.2. The van der Waals surface area contributed by atoms with Gasteiger partial charge in [-0.1, -0.05) is 29.3 Å². The molecule has 1 aliphatic heterocycles. The van der Waals surface area contributed by atoms with E-state index in [1.165, 1.54) is 17.0 Å². The van der Waals surface area contributed by atoms with E-state index >= 15 is 0 Å². The molecule has 9 heteroatoms. The van der Waals surface area contributed by atoms with Gasteiger partial charge in [-0.25, -0.2) is 15.0 Å². The van der Waals surface area contributed by atoms with Crippen LogP contribution in [0.3, 0.4) is 0 Å². The maximum atomic E-state index is 12.5. The summed E-state index contributed by atoms with van der Waals surface area (Å²) < 4.78 is 7.45. The zero-order chi connectivity index (χ0) is 19.7. The summed E-state index contributed by atoms with van der Waals surface area (Å²) in [6.45, 7) is 1.65. The number of aromatic nitrogens is 4. The lowest BCUT2D eigenvalue weighted by atomic mass is 10.1. The first-order valence-electron chi connectivity index (χ1n) is 8.69. The summed E-state index contributed by atoms with van der Waals surface area (Å²) in [5.41, 5.74) is 1.88. The van der Waals surface area contributed by atoms with Crippen LogP contribution < -0.4 is 10.5 Å². The van der Waals surface area contributed by atoms with Crippen LogP contribution in [0.4, 0.5) is 5.95 Å². The molecular weight excluding hydrogens is 401 g/mol. The van der Waals surface area contributed by atoms with E-state index in [4.69, 9.17) is 27.9 Å². The minimum Gasteiger partial charge on any atom is -0.370 e. The lowest BCUT2D eigenvalue weighted by molar-refractivity contribution is 0.0390. The fraction of sp³-hybridized carbons (Fsp3) is 0.263. The van der Waals surface area contributed by atoms with Gasteiger partial charge in [0.05, 0.1) is 34.6 Å². The van der Waals surface area contributed by atoms with Crippen molar-refractivity contribution in [1.82, 2.24) is 19.5 Å². The molecule has 144 valence electrons. The van der Waals surface area contributed by atoms with E-state index in [0.717, 1.165) is 5.56 Å². The average molecular weight is 418 g/mol. The van der Waals surface area contributed by atoms with Gasteiger partial charge in [-0.2, -0.15) is 0 Å². The number of halogens is 2. The van der Waals surface area contributed by atoms with Crippen molar-refractivity contribution in [1.29, 1.82) is 0 Å². The molecule has 1 atom stereocenters. The SMILES string of the molecule is Cn1c(N2CCOC(c3ccc(Cl)c(Cl)c3)C2)nc(-c2ccncn2)cc1=O. The highest BCUT2D eigenvalue weighted by Crippen LogP contribution is 2.30. The topological polar surface area (TPSA) is 73.1 Å². The van der Waals surface area contributed by atoms with Crippen LogP contribution >= 0.6 is 23.2 Å². The highest BCUT2D eigenvalue weighted by molar-refractivity contribution is 6.42. The van der Waals surface area contributed by atoms with E-state index in [1.54, 1.807) is 25.4 Å². The van der Waals surface area contributed by atoms with Crippen LogP contribution in [-0.2, 0) is 11.8 Å². The first-order valence-corrected chi connectivity index (χ1v) is 9.44. The van der Waals surface area contributed by atoms with Crippen molar-refractivity contribution < 1.29 is 4.74 Å². The molecule has 3 heterocycles. The molecule has 0 aliphatic carbocycles. The molecule has 1 unspecified atom stereocenters. The first-order chi connectivity index (χ1) is 13.5. The molecular formula is C19H17Cl2N5O2. The van der Waals surface area contributed by atoms with Crippen LogP contribution in [0.2, 0.25) is 10.0 Å². The highest BCUT2D eigenvalue weighted by atomic mass is 35.5. The Balaban J connectivity index is 1.67. The number of rotatable bonds is 3. The van der Waals surface area contributed by atoms with Gasteiger partial charge in [0.2, 0.25) is 5.95 Å². The number of nitrogens with zero attached hydrogens (tertiary/aromatic N) is 5. The number of hydrogen-bond donors (Lipinski definition) is 0. The minimum absolute atomic E-state index is 0.156. The van der Waals surface area contributed by atoms with Crippen molar-refractivity contribution in [2.24, 2.45) is 7.05 Å². The molecule has 1 aromatic carbocycles. The Morgan fingerprint density at radius 3 is 2.75 bits per heavy atom. The van der Waals surface area contributed by atoms with Gasteiger partial charge in [0.1, 0.15) is 12.4 Å². The molecule has 0 N–H and O–H groups in total. The van der Waals surface area contributed by atoms with Gasteiger partial charge in [-0.15, -0.1) is 0 Å². The Morgan fingerprint density at radius 2 is 2.00 bits per heavy atom. The van der Waals surface area contributed by atoms with Gasteiger partial charge >= 0.3 is 0 Å². The smallest absolute Gasteiger partial charge is 0.255 e. The van der Waals surface area contributed by atoms with Crippen molar-refractivity contribution in [2.45, 2.75) is 6.10 Å². The number of ether oxygens (including phenoxy) is 1. The highest BCUT2D eigenvalue weighted by Gasteiger charge is 2.25. The summed E-state index contributed by atoms with van der Waals surface area (Å²) in [5.74, 6) is 0.564. The number of morpholine rings is 1. The predicted molar refractivity (Wildman–Crippen MR) is 108 cm³/mol. The summed E-state index contributed by atoms with van der Waals surface area (Å²) in [5, 5.41) is 0.982. The summed E-state index contributed by atoms with van der Waals surface area (Å²) in [6.07, 6.45) is 2.85. The second-order valence-corrected chi connectivity index (χ2v) is 7.23. The molecule has 0 amide bonds. The molecule has 3 aromatic rings. The van der Waals surface area contributed by atoms with Gasteiger partial charge in [-0.3, -0.25) is 9.36 Å². The zero-order valence-electron chi connectivity index (χ0n) is 15.0. The second kappa shape index (κ2) is 7.87. The molecule has 1 saturated heterocycles. The number of hydrogen-bond acceptors (Lipinski definition) is 6. The molecule has 0 saturated carbocycles. The Morgan fingerprint density at radius 1 is 1.14 bits per heavy atom. The lowest BCUT2D eigenvalue weighted by Crippen LogP contribution is -2.41. The van der Waals surface area contributed by atoms with Crippen LogP contribution in [0.1, 0.15) is 11.7 Å². The summed E-state index contributed by atoms with van der Waals surface area (Å²) in [7, 11) is 1.71. The van der Waals surface area contributed by atoms with E-state index in [9.17, 15) is 4.79 Å². The number of benzene rings is 1. The molecule has 1 aliphatic rings. The van der Waals surface area contributed by atoms with E-state index in [-0.39, 0.29) is 11.7 Å². The molecule has 0 spiro atoms. The van der Waals surface area contributed by atoms with Crippen molar-refractivity contribution >= 4 is 29.2 Å². The van der Waals surface area contributed by atoms with Crippen molar-refractivity contribution in [2.75, 3.05) is 24.6 Å². The Labute approximate surface area is 171 Å². The van der Waals surface area contributed by atoms with Crippen LogP contribution in [0.5, 0.6) is 0 Å². The van der Waals surface area contributed by atoms with E-state index in [1.807, 2.05) is 17.0 Å². The van der Waals surface area contributed by atoms with Crippen molar-refractivity contribution in [3.63, 3.8) is 0 Å². The molecule has 0 radical (unpaired) electrons. The predicted octanol–water partition coefficient (Wildman–Crippen LogP) is 3.12. The molecule has 1 fully saturated rings. The largest absolute Gasteiger partial charge is 0.370 e. The average Bonchev–Trinajstić information content (AvgIpc) is 2.72. The maximum Gasteiger partial charge on any atom is 0.255 e. The molecule has 2 aromatic heterocycles. The van der Waals surface area contributed by atoms with E-state index in [0.29, 0.717) is 47.1 Å². The number of anilines is 1. The van der Waals surface area contributed by atoms with Crippen LogP contribution in [0.15, 0.2) is 47.7 Å². The van der Waals surface area contributed by atoms with Crippen LogP contribution in [0, 0.1) is 0 Å². The zero-order valence-corrected chi connectivity index (χ0v) is 16.6. The van der Waals surface area contributed by atoms with Gasteiger partial charge in [0.25, 0.3) is 5.56 Å². The van der Waals surface area contributed by atoms with Gasteiger partial charge in [0, 0.05) is 25.9 Å². The quantitative estimate of drug-likeness (QED) is 0.651. The third-order valence-corrected chi connectivity index (χ3v) is 5.36. The molecule has 28 heavy (non-hydrogen) atoms. The van der Waals surface area contributed by atoms with Gasteiger partial charge in [-0.05, 0) is 23.8 Å². The van der Waals surface area contributed by atoms with Gasteiger partial charge < -0.3 is 9.64 Å². The van der Waals surface area contributed by atoms with Crippen LogP contribution in [-0.4, -0.2) is 39.2 Å². The Hall–Kier alpha value is -2.48. The standard InChI is InChI=1S/C19H17Cl2N5O2/c1-25-18(27)9-16(15-4-5-22-11-23-15)24-19(25)26-6-7-28-17(10-26)12-2-3-13(20)14(21)8-12/h2-5,8-9,11,17H,6-7,10H2,1H3. The fourth-order valence-electron chi connectivity index (χ4n) is 3.13. The van der Waals surface area contributed by atoms with Gasteiger partial charge in [0.15, 0.2) is 0 Å². The van der Waals surface area contributed by atoms with E-state index in [2.05, 4.69) is 15.0 Å². The normalized spacial score (nSPS) is 17.0. The fourth-order valence-corrected chi connectivity index (χ4v) is 3.44. The third-order valence-electron chi connectivity index (χ3n) is 4.62. The van der Waals surface area contributed by atoms with E-state index < -0.39 is 0 Å². The maximum absolute atomic E-state index is 12.5. The summed E-state index contributed by atoms with van der Waals surface area (Å²) in [4.78, 5) is 27.3. The van der Waals surface area contributed by atoms with Crippen LogP contribution in [0.25, 0.3) is 11.4 Å². The first kappa shape index (κ1) is 18.9. The van der Waals surface area contributed by atoms with Crippen molar-refractivity contribution in [3.05, 3.63) is 68.8 Å². The molecule has 0 bridgehead atoms. The monoisotopic (exact) mass is 417 g/mol. The molecule has 4 rings (SSSR count). The molecule has 7 nitrogen and oxygen atoms in total. The minimum atomic E-state index is -0.205. The second-order valence-electron chi connectivity index (χ2n) is 6.41. The third kappa shape index (κ3) is 3.73.